The van der Waals surface area contributed by atoms with Crippen LogP contribution in [0.5, 0.6) is 5.75 Å². The largest absolute Gasteiger partial charge is 0.490 e. The van der Waals surface area contributed by atoms with Gasteiger partial charge < -0.3 is 19.8 Å². The number of ether oxygens (including phenoxy) is 1. The van der Waals surface area contributed by atoms with Crippen molar-refractivity contribution in [2.75, 3.05) is 24.6 Å². The molecule has 2 aromatic heterocycles. The zero-order chi connectivity index (χ0) is 42.8. The van der Waals surface area contributed by atoms with Gasteiger partial charge in [0.15, 0.2) is 11.9 Å². The highest BCUT2D eigenvalue weighted by molar-refractivity contribution is 7.85. The first-order valence-electron chi connectivity index (χ1n) is 20.5. The molecule has 2 fully saturated rings. The van der Waals surface area contributed by atoms with E-state index in [-0.39, 0.29) is 47.8 Å². The van der Waals surface area contributed by atoms with E-state index in [1.165, 1.54) is 12.1 Å². The van der Waals surface area contributed by atoms with E-state index < -0.39 is 33.9 Å². The van der Waals surface area contributed by atoms with Crippen LogP contribution < -0.4 is 9.64 Å². The van der Waals surface area contributed by atoms with Gasteiger partial charge in [-0.25, -0.2) is 23.1 Å². The van der Waals surface area contributed by atoms with Crippen molar-refractivity contribution in [2.24, 2.45) is 5.41 Å². The lowest BCUT2D eigenvalue weighted by Gasteiger charge is -2.41. The van der Waals surface area contributed by atoms with Gasteiger partial charge in [0.05, 0.1) is 41.3 Å². The lowest BCUT2D eigenvalue weighted by atomic mass is 9.68. The molecule has 2 aliphatic carbocycles. The van der Waals surface area contributed by atoms with Crippen LogP contribution in [0.15, 0.2) is 71.9 Å². The molecule has 0 unspecified atom stereocenters. The number of fused-ring (bicyclic) bond motifs is 1. The Morgan fingerprint density at radius 1 is 0.932 bits per heavy atom. The minimum absolute atomic E-state index is 0.0596. The summed E-state index contributed by atoms with van der Waals surface area (Å²) >= 11 is 0. The first kappa shape index (κ1) is 44.4. The maximum Gasteiger partial charge on any atom is 0.294 e. The van der Waals surface area contributed by atoms with Crippen molar-refractivity contribution in [1.29, 1.82) is 0 Å². The Morgan fingerprint density at radius 2 is 1.54 bits per heavy atom. The maximum absolute atomic E-state index is 17.2. The highest BCUT2D eigenvalue weighted by Crippen LogP contribution is 2.52. The van der Waals surface area contributed by atoms with Crippen LogP contribution in [0.25, 0.3) is 0 Å². The van der Waals surface area contributed by atoms with Crippen LogP contribution in [0.2, 0.25) is 0 Å². The minimum Gasteiger partial charge on any atom is -0.490 e. The first-order chi connectivity index (χ1) is 27.7. The number of hydrogen-bond donors (Lipinski definition) is 3. The van der Waals surface area contributed by atoms with E-state index >= 15 is 4.39 Å². The lowest BCUT2D eigenvalue weighted by molar-refractivity contribution is -0.0385. The molecule has 3 N–H and O–H groups in total. The standard InChI is InChI=1S/C39H51F3N4O3.C6H6O3S/c1-24-6-8-26(9-7-24)34(40)33-31(25-10-14-39(41,42)15-11-25)32-29(20-37(2,3)21-30(32)47)45-35(33)27-12-17-46(18-13-27)36-43-22-28(23-44-36)49-19-16-38(4,5)48;7-10(8,9)6-4-2-1-3-5-6/h6-9,22-23,25,27,30,34,47-48H,10-21H2,1-5H3;1-5H,(H,7,8,9)/t30-,34-;/m0./s1. The topological polar surface area (TPSA) is 146 Å². The van der Waals surface area contributed by atoms with E-state index in [0.29, 0.717) is 85.9 Å². The number of anilines is 1. The fraction of sp³-hybridized carbons (Fsp3) is 0.533. The van der Waals surface area contributed by atoms with Crippen LogP contribution in [0.1, 0.15) is 142 Å². The summed E-state index contributed by atoms with van der Waals surface area (Å²) in [5, 5.41) is 21.6. The van der Waals surface area contributed by atoms with Gasteiger partial charge >= 0.3 is 0 Å². The third kappa shape index (κ3) is 11.4. The number of pyridine rings is 1. The normalized spacial score (nSPS) is 20.3. The third-order valence-corrected chi connectivity index (χ3v) is 12.6. The van der Waals surface area contributed by atoms with Gasteiger partial charge in [0, 0.05) is 55.1 Å². The first-order valence-corrected chi connectivity index (χ1v) is 21.9. The molecule has 10 nitrogen and oxygen atoms in total. The minimum atomic E-state index is -4.00. The number of aryl methyl sites for hydroxylation is 1. The number of aliphatic hydroxyl groups is 2. The molecule has 7 rings (SSSR count). The Morgan fingerprint density at radius 3 is 2.10 bits per heavy atom. The molecule has 2 atom stereocenters. The van der Waals surface area contributed by atoms with Crippen molar-refractivity contribution >= 4 is 16.1 Å². The molecular formula is C45H57F3N4O6S. The second kappa shape index (κ2) is 17.9. The molecule has 0 bridgehead atoms. The Bertz CT molecular complexity index is 2130. The van der Waals surface area contributed by atoms with Crippen LogP contribution in [0.3, 0.4) is 0 Å². The number of halogens is 3. The predicted octanol–water partition coefficient (Wildman–Crippen LogP) is 9.39. The van der Waals surface area contributed by atoms with E-state index in [0.717, 1.165) is 16.8 Å². The molecule has 4 aromatic rings. The van der Waals surface area contributed by atoms with E-state index in [4.69, 9.17) is 14.3 Å². The predicted molar refractivity (Wildman–Crippen MR) is 220 cm³/mol. The summed E-state index contributed by atoms with van der Waals surface area (Å²) in [5.41, 5.74) is 3.91. The Kier molecular flexibility index (Phi) is 13.4. The highest BCUT2D eigenvalue weighted by atomic mass is 32.2. The maximum atomic E-state index is 17.2. The number of piperidine rings is 1. The fourth-order valence-corrected chi connectivity index (χ4v) is 9.02. The second-order valence-electron chi connectivity index (χ2n) is 17.8. The zero-order valence-corrected chi connectivity index (χ0v) is 35.4. The zero-order valence-electron chi connectivity index (χ0n) is 34.5. The highest BCUT2D eigenvalue weighted by Gasteiger charge is 2.43. The summed E-state index contributed by atoms with van der Waals surface area (Å²) in [6.07, 6.45) is 4.00. The van der Waals surface area contributed by atoms with Crippen LogP contribution in [-0.4, -0.2) is 69.4 Å². The van der Waals surface area contributed by atoms with Gasteiger partial charge in [-0.05, 0) is 93.9 Å². The number of aliphatic hydroxyl groups excluding tert-OH is 1. The molecule has 1 saturated heterocycles. The summed E-state index contributed by atoms with van der Waals surface area (Å²) in [6, 6.07) is 14.8. The molecule has 0 spiro atoms. The van der Waals surface area contributed by atoms with Gasteiger partial charge in [0.25, 0.3) is 10.1 Å². The molecule has 14 heteroatoms. The number of hydrogen-bond acceptors (Lipinski definition) is 9. The number of aromatic nitrogens is 3. The number of benzene rings is 2. The van der Waals surface area contributed by atoms with Crippen LogP contribution in [0, 0.1) is 12.3 Å². The molecule has 0 radical (unpaired) electrons. The third-order valence-electron chi connectivity index (χ3n) is 11.7. The summed E-state index contributed by atoms with van der Waals surface area (Å²) in [7, 11) is -4.00. The van der Waals surface area contributed by atoms with Gasteiger partial charge in [0.1, 0.15) is 0 Å². The van der Waals surface area contributed by atoms with Crippen molar-refractivity contribution in [3.63, 3.8) is 0 Å². The van der Waals surface area contributed by atoms with E-state index in [1.807, 2.05) is 19.1 Å². The fourth-order valence-electron chi connectivity index (χ4n) is 8.52. The van der Waals surface area contributed by atoms with Crippen LogP contribution >= 0.6 is 0 Å². The number of nitrogens with zero attached hydrogens (tertiary/aromatic N) is 4. The van der Waals surface area contributed by atoms with Gasteiger partial charge in [-0.2, -0.15) is 8.42 Å². The average Bonchev–Trinajstić information content (AvgIpc) is 3.17. The van der Waals surface area contributed by atoms with Gasteiger partial charge in [0.2, 0.25) is 11.9 Å². The van der Waals surface area contributed by atoms with E-state index in [9.17, 15) is 27.4 Å². The van der Waals surface area contributed by atoms with E-state index in [1.54, 1.807) is 56.6 Å². The summed E-state index contributed by atoms with van der Waals surface area (Å²) in [6.45, 7) is 11.3. The van der Waals surface area contributed by atoms with Crippen molar-refractivity contribution < 1.29 is 41.1 Å². The number of rotatable bonds is 10. The molecule has 2 aromatic carbocycles. The monoisotopic (exact) mass is 838 g/mol. The van der Waals surface area contributed by atoms with Gasteiger partial charge in [-0.3, -0.25) is 9.54 Å². The smallest absolute Gasteiger partial charge is 0.294 e. The van der Waals surface area contributed by atoms with Crippen LogP contribution in [-0.2, 0) is 16.5 Å². The Hall–Kier alpha value is -4.11. The van der Waals surface area contributed by atoms with Crippen molar-refractivity contribution in [3.8, 4) is 5.75 Å². The van der Waals surface area contributed by atoms with Crippen molar-refractivity contribution in [2.45, 2.75) is 133 Å². The molecule has 3 heterocycles. The molecule has 0 amide bonds. The number of alkyl halides is 3. The van der Waals surface area contributed by atoms with E-state index in [2.05, 4.69) is 28.7 Å². The summed E-state index contributed by atoms with van der Waals surface area (Å²) in [4.78, 5) is 16.4. The quantitative estimate of drug-likeness (QED) is 0.132. The Labute approximate surface area is 346 Å². The molecule has 59 heavy (non-hydrogen) atoms. The molecule has 3 aliphatic rings. The van der Waals surface area contributed by atoms with Gasteiger partial charge in [-0.15, -0.1) is 0 Å². The molecule has 1 saturated carbocycles. The van der Waals surface area contributed by atoms with Gasteiger partial charge in [-0.1, -0.05) is 61.9 Å². The SMILES string of the molecule is Cc1ccc([C@H](F)c2c(C3CCN(c4ncc(OCCC(C)(C)O)cn4)CC3)nc3c(c2C2CCC(F)(F)CC2)[C@@H](O)CC(C)(C)C3)cc1.O=S(=O)(O)c1ccccc1. The second-order valence-corrected chi connectivity index (χ2v) is 19.2. The van der Waals surface area contributed by atoms with Crippen molar-refractivity contribution in [1.82, 2.24) is 15.0 Å². The average molecular weight is 839 g/mol. The summed E-state index contributed by atoms with van der Waals surface area (Å²) < 4.78 is 81.1. The molecular weight excluding hydrogens is 782 g/mol. The van der Waals surface area contributed by atoms with Crippen molar-refractivity contribution in [3.05, 3.63) is 106 Å². The Balaban J connectivity index is 0.000000512. The summed E-state index contributed by atoms with van der Waals surface area (Å²) in [5.74, 6) is -1.94. The lowest BCUT2D eigenvalue weighted by Crippen LogP contribution is -2.36. The molecule has 320 valence electrons. The van der Waals surface area contributed by atoms with Crippen LogP contribution in [0.4, 0.5) is 19.1 Å². The molecule has 1 aliphatic heterocycles.